The predicted octanol–water partition coefficient (Wildman–Crippen LogP) is 1.03. The fraction of sp³-hybridized carbons (Fsp3) is 0.316. The van der Waals surface area contributed by atoms with Crippen LogP contribution in [0.1, 0.15) is 18.5 Å². The normalized spacial score (nSPS) is 21.7. The molecule has 3 atom stereocenters. The Kier molecular flexibility index (Phi) is 5.69. The number of anilines is 1. The number of carboxylic acids is 1. The van der Waals surface area contributed by atoms with Gasteiger partial charge in [-0.15, -0.1) is 23.1 Å². The number of carbonyl (C=O) groups is 3. The van der Waals surface area contributed by atoms with Gasteiger partial charge in [-0.1, -0.05) is 6.07 Å². The summed E-state index contributed by atoms with van der Waals surface area (Å²) in [4.78, 5) is 38.1. The van der Waals surface area contributed by atoms with Crippen LogP contribution in [0.15, 0.2) is 34.8 Å². The molecule has 1 fully saturated rings. The van der Waals surface area contributed by atoms with Crippen LogP contribution in [-0.2, 0) is 24.4 Å². The number of benzene rings is 1. The number of fused-ring (bicyclic) bond motifs is 2. The smallest absolute Gasteiger partial charge is 0.352 e. The van der Waals surface area contributed by atoms with Gasteiger partial charge in [0.05, 0.1) is 11.9 Å². The quantitative estimate of drug-likeness (QED) is 0.432. The van der Waals surface area contributed by atoms with Crippen molar-refractivity contribution in [1.82, 2.24) is 10.2 Å². The Morgan fingerprint density at radius 1 is 1.34 bits per heavy atom. The number of carboxylic acid groups (broad SMARTS) is 1. The summed E-state index contributed by atoms with van der Waals surface area (Å²) < 4.78 is 26.4. The molecule has 1 aromatic heterocycles. The van der Waals surface area contributed by atoms with Crippen molar-refractivity contribution in [3.05, 3.63) is 40.4 Å². The largest absolute Gasteiger partial charge is 0.477 e. The van der Waals surface area contributed by atoms with Gasteiger partial charge in [0.1, 0.15) is 23.2 Å². The summed E-state index contributed by atoms with van der Waals surface area (Å²) in [5.74, 6) is -1.81. The molecule has 10 nitrogen and oxygen atoms in total. The van der Waals surface area contributed by atoms with E-state index in [1.54, 1.807) is 30.5 Å². The van der Waals surface area contributed by atoms with E-state index in [-0.39, 0.29) is 5.70 Å². The highest BCUT2D eigenvalue weighted by atomic mass is 32.2. The summed E-state index contributed by atoms with van der Waals surface area (Å²) in [6, 6.07) is 3.09. The Hall–Kier alpha value is -2.61. The van der Waals surface area contributed by atoms with Crippen molar-refractivity contribution in [3.8, 4) is 0 Å². The van der Waals surface area contributed by atoms with Crippen molar-refractivity contribution >= 4 is 66.7 Å². The summed E-state index contributed by atoms with van der Waals surface area (Å²) in [5.41, 5.74) is 7.53. The van der Waals surface area contributed by atoms with E-state index in [9.17, 15) is 27.9 Å². The summed E-state index contributed by atoms with van der Waals surface area (Å²) in [6.07, 6.45) is 1.05. The zero-order chi connectivity index (χ0) is 23.4. The van der Waals surface area contributed by atoms with Gasteiger partial charge < -0.3 is 16.2 Å². The number of aliphatic carboxylic acids is 1. The molecule has 2 amide bonds. The average molecular weight is 497 g/mol. The van der Waals surface area contributed by atoms with Crippen LogP contribution in [0.4, 0.5) is 5.69 Å². The van der Waals surface area contributed by atoms with E-state index in [4.69, 9.17) is 5.73 Å². The molecule has 32 heavy (non-hydrogen) atoms. The van der Waals surface area contributed by atoms with Crippen molar-refractivity contribution in [3.63, 3.8) is 0 Å². The van der Waals surface area contributed by atoms with Gasteiger partial charge in [0.15, 0.2) is 0 Å². The number of β-lactam (4-membered cyclic amide) rings is 1. The van der Waals surface area contributed by atoms with E-state index >= 15 is 0 Å². The lowest BCUT2D eigenvalue weighted by atomic mass is 10.0. The van der Waals surface area contributed by atoms with Crippen LogP contribution in [0.2, 0.25) is 0 Å². The third kappa shape index (κ3) is 3.96. The SMILES string of the molecule is CC1=C(C(=O)O)N2C(=O)[C@@H](NC(=O)C(N)c3ccc4scc(NS(C)(=O)=O)c4c3)[C@H]2SC1. The van der Waals surface area contributed by atoms with Crippen LogP contribution >= 0.6 is 23.1 Å². The van der Waals surface area contributed by atoms with Crippen LogP contribution in [0.5, 0.6) is 0 Å². The maximum absolute atomic E-state index is 12.8. The molecule has 170 valence electrons. The van der Waals surface area contributed by atoms with Gasteiger partial charge in [-0.25, -0.2) is 13.2 Å². The first-order valence-electron chi connectivity index (χ1n) is 9.40. The number of thioether (sulfide) groups is 1. The molecule has 0 radical (unpaired) electrons. The highest BCUT2D eigenvalue weighted by molar-refractivity contribution is 8.00. The third-order valence-electron chi connectivity index (χ3n) is 5.19. The highest BCUT2D eigenvalue weighted by Gasteiger charge is 2.53. The van der Waals surface area contributed by atoms with E-state index in [2.05, 4.69) is 10.0 Å². The van der Waals surface area contributed by atoms with E-state index < -0.39 is 45.3 Å². The van der Waals surface area contributed by atoms with Crippen LogP contribution in [0, 0.1) is 0 Å². The molecule has 3 heterocycles. The maximum atomic E-state index is 12.8. The molecule has 5 N–H and O–H groups in total. The molecule has 0 bridgehead atoms. The number of thiophene rings is 1. The Morgan fingerprint density at radius 2 is 2.06 bits per heavy atom. The molecule has 13 heteroatoms. The van der Waals surface area contributed by atoms with Gasteiger partial charge in [0.25, 0.3) is 5.91 Å². The zero-order valence-electron chi connectivity index (χ0n) is 17.0. The molecule has 2 aromatic rings. The first kappa shape index (κ1) is 22.6. The Balaban J connectivity index is 1.51. The van der Waals surface area contributed by atoms with Crippen molar-refractivity contribution in [2.24, 2.45) is 5.73 Å². The number of amides is 2. The second-order valence-electron chi connectivity index (χ2n) is 7.59. The molecule has 1 saturated heterocycles. The Bertz CT molecular complexity index is 1290. The number of sulfonamides is 1. The molecule has 0 aliphatic carbocycles. The first-order valence-corrected chi connectivity index (χ1v) is 13.2. The average Bonchev–Trinajstić information content (AvgIpc) is 3.11. The number of nitrogens with zero attached hydrogens (tertiary/aromatic N) is 1. The molecule has 0 saturated carbocycles. The third-order valence-corrected chi connectivity index (χ3v) is 8.17. The fourth-order valence-corrected chi connectivity index (χ4v) is 6.50. The number of rotatable bonds is 6. The fourth-order valence-electron chi connectivity index (χ4n) is 3.69. The maximum Gasteiger partial charge on any atom is 0.352 e. The van der Waals surface area contributed by atoms with Gasteiger partial charge >= 0.3 is 5.97 Å². The minimum atomic E-state index is -3.48. The number of nitrogens with two attached hydrogens (primary N) is 1. The summed E-state index contributed by atoms with van der Waals surface area (Å²) in [6.45, 7) is 1.66. The van der Waals surface area contributed by atoms with Crippen LogP contribution in [0.25, 0.3) is 10.1 Å². The molecule has 4 rings (SSSR count). The van der Waals surface area contributed by atoms with E-state index in [1.807, 2.05) is 0 Å². The van der Waals surface area contributed by atoms with Crippen molar-refractivity contribution in [2.45, 2.75) is 24.4 Å². The lowest BCUT2D eigenvalue weighted by Crippen LogP contribution is -2.71. The number of nitrogens with one attached hydrogen (secondary N) is 2. The van der Waals surface area contributed by atoms with E-state index in [1.165, 1.54) is 28.0 Å². The zero-order valence-corrected chi connectivity index (χ0v) is 19.4. The summed E-state index contributed by atoms with van der Waals surface area (Å²) in [5, 5.41) is 13.8. The second kappa shape index (κ2) is 8.06. The Labute approximate surface area is 191 Å². The predicted molar refractivity (Wildman–Crippen MR) is 123 cm³/mol. The topological polar surface area (TPSA) is 159 Å². The van der Waals surface area contributed by atoms with E-state index in [0.29, 0.717) is 28.0 Å². The monoisotopic (exact) mass is 496 g/mol. The molecule has 0 spiro atoms. The molecular weight excluding hydrogens is 476 g/mol. The molecule has 1 aromatic carbocycles. The number of hydrogen-bond donors (Lipinski definition) is 4. The standard InChI is InChI=1S/C19H20N4O6S3/c1-8-6-31-18-14(17(25)23(18)15(8)19(26)27)21-16(24)13(20)9-3-4-12-10(5-9)11(7-30-12)22-32(2,28)29/h3-5,7,13-14,18,22H,6,20H2,1-2H3,(H,21,24)(H,26,27)/t13?,14-,18-/m1/s1. The summed E-state index contributed by atoms with van der Waals surface area (Å²) >= 11 is 2.73. The molecule has 2 aliphatic heterocycles. The van der Waals surface area contributed by atoms with Gasteiger partial charge in [-0.2, -0.15) is 0 Å². The summed E-state index contributed by atoms with van der Waals surface area (Å²) in [7, 11) is -3.48. The lowest BCUT2D eigenvalue weighted by molar-refractivity contribution is -0.150. The minimum absolute atomic E-state index is 0.0395. The lowest BCUT2D eigenvalue weighted by Gasteiger charge is -2.49. The molecular formula is C19H20N4O6S3. The molecule has 2 aliphatic rings. The Morgan fingerprint density at radius 3 is 2.72 bits per heavy atom. The number of hydrogen-bond acceptors (Lipinski definition) is 8. The van der Waals surface area contributed by atoms with Crippen molar-refractivity contribution in [2.75, 3.05) is 16.7 Å². The highest BCUT2D eigenvalue weighted by Crippen LogP contribution is 2.40. The van der Waals surface area contributed by atoms with Crippen LogP contribution < -0.4 is 15.8 Å². The van der Waals surface area contributed by atoms with Crippen LogP contribution in [0.3, 0.4) is 0 Å². The van der Waals surface area contributed by atoms with Crippen molar-refractivity contribution in [1.29, 1.82) is 0 Å². The minimum Gasteiger partial charge on any atom is -0.477 e. The first-order chi connectivity index (χ1) is 15.0. The van der Waals surface area contributed by atoms with Crippen molar-refractivity contribution < 1.29 is 27.9 Å². The van der Waals surface area contributed by atoms with Crippen LogP contribution in [-0.4, -0.2) is 59.6 Å². The van der Waals surface area contributed by atoms with Gasteiger partial charge in [0, 0.05) is 21.2 Å². The molecule has 1 unspecified atom stereocenters. The van der Waals surface area contributed by atoms with E-state index in [0.717, 1.165) is 11.0 Å². The number of carbonyl (C=O) groups excluding carboxylic acids is 2. The van der Waals surface area contributed by atoms with Gasteiger partial charge in [0.2, 0.25) is 15.9 Å². The van der Waals surface area contributed by atoms with Gasteiger partial charge in [-0.3, -0.25) is 19.2 Å². The van der Waals surface area contributed by atoms with Gasteiger partial charge in [-0.05, 0) is 30.2 Å². The second-order valence-corrected chi connectivity index (χ2v) is 11.4.